The zero-order valence-electron chi connectivity index (χ0n) is 8.46. The Morgan fingerprint density at radius 2 is 2.21 bits per heavy atom. The number of halogens is 1. The third-order valence-corrected chi connectivity index (χ3v) is 2.58. The van der Waals surface area contributed by atoms with Crippen LogP contribution in [0.2, 0.25) is 0 Å². The van der Waals surface area contributed by atoms with Gasteiger partial charge in [-0.05, 0) is 34.3 Å². The Balaban J connectivity index is 2.91. The first kappa shape index (κ1) is 11.3. The topological polar surface area (TPSA) is 48.0 Å². The molecule has 0 radical (unpaired) electrons. The Morgan fingerprint density at radius 1 is 1.57 bits per heavy atom. The summed E-state index contributed by atoms with van der Waals surface area (Å²) in [5.74, 6) is 0.585. The van der Waals surface area contributed by atoms with Crippen molar-refractivity contribution in [2.24, 2.45) is 5.92 Å². The van der Waals surface area contributed by atoms with Gasteiger partial charge in [0.05, 0.1) is 4.47 Å². The highest BCUT2D eigenvalue weighted by atomic mass is 79.9. The molecule has 3 nitrogen and oxygen atoms in total. The minimum absolute atomic E-state index is 0.0140. The van der Waals surface area contributed by atoms with Gasteiger partial charge in [-0.3, -0.25) is 4.79 Å². The van der Waals surface area contributed by atoms with E-state index in [1.807, 2.05) is 0 Å². The monoisotopic (exact) mass is 258 g/mol. The van der Waals surface area contributed by atoms with Crippen molar-refractivity contribution in [2.45, 2.75) is 26.8 Å². The van der Waals surface area contributed by atoms with Crippen molar-refractivity contribution in [1.29, 1.82) is 0 Å². The summed E-state index contributed by atoms with van der Waals surface area (Å²) in [7, 11) is 0. The van der Waals surface area contributed by atoms with Crippen molar-refractivity contribution >= 4 is 21.6 Å². The van der Waals surface area contributed by atoms with Crippen LogP contribution in [0.5, 0.6) is 0 Å². The average molecular weight is 259 g/mol. The highest BCUT2D eigenvalue weighted by Crippen LogP contribution is 2.09. The fraction of sp³-hybridized carbons (Fsp3) is 0.500. The number of hydrogen-bond acceptors (Lipinski definition) is 2. The summed E-state index contributed by atoms with van der Waals surface area (Å²) in [6.45, 7) is 4.99. The average Bonchev–Trinajstić information content (AvgIpc) is 2.08. The molecular weight excluding hydrogens is 244 g/mol. The van der Waals surface area contributed by atoms with Crippen molar-refractivity contribution in [3.63, 3.8) is 0 Å². The molecule has 1 rings (SSSR count). The van der Waals surface area contributed by atoms with Gasteiger partial charge in [0.1, 0.15) is 0 Å². The zero-order chi connectivity index (χ0) is 10.7. The van der Waals surface area contributed by atoms with E-state index in [9.17, 15) is 4.79 Å². The van der Waals surface area contributed by atoms with Crippen LogP contribution in [-0.2, 0) is 6.54 Å². The lowest BCUT2D eigenvalue weighted by Gasteiger charge is -2.09. The summed E-state index contributed by atoms with van der Waals surface area (Å²) in [4.78, 5) is 11.6. The fourth-order valence-corrected chi connectivity index (χ4v) is 1.68. The molecule has 1 heterocycles. The second-order valence-corrected chi connectivity index (χ2v) is 4.66. The van der Waals surface area contributed by atoms with Crippen molar-refractivity contribution in [3.8, 4) is 0 Å². The molecule has 78 valence electrons. The fourth-order valence-electron chi connectivity index (χ4n) is 1.18. The summed E-state index contributed by atoms with van der Waals surface area (Å²) in [5, 5.41) is 0. The number of aryl methyl sites for hydroxylation is 1. The summed E-state index contributed by atoms with van der Waals surface area (Å²) >= 11 is 3.19. The summed E-state index contributed by atoms with van der Waals surface area (Å²) in [6, 6.07) is 1.63. The van der Waals surface area contributed by atoms with Gasteiger partial charge in [0.2, 0.25) is 0 Å². The van der Waals surface area contributed by atoms with Gasteiger partial charge in [-0.1, -0.05) is 13.8 Å². The Morgan fingerprint density at radius 3 is 2.79 bits per heavy atom. The molecule has 0 spiro atoms. The molecule has 1 aromatic heterocycles. The largest absolute Gasteiger partial charge is 0.398 e. The predicted octanol–water partition coefficient (Wildman–Crippen LogP) is 2.24. The smallest absolute Gasteiger partial charge is 0.264 e. The molecule has 0 fully saturated rings. The first-order valence-electron chi connectivity index (χ1n) is 4.66. The van der Waals surface area contributed by atoms with Gasteiger partial charge >= 0.3 is 0 Å². The van der Waals surface area contributed by atoms with Crippen molar-refractivity contribution in [2.75, 3.05) is 5.73 Å². The van der Waals surface area contributed by atoms with Gasteiger partial charge in [0.15, 0.2) is 0 Å². The molecule has 1 aromatic rings. The third-order valence-electron chi connectivity index (χ3n) is 2.01. The van der Waals surface area contributed by atoms with Crippen LogP contribution < -0.4 is 11.3 Å². The number of hydrogen-bond donors (Lipinski definition) is 1. The Bertz CT molecular complexity index is 371. The molecule has 0 saturated heterocycles. The number of anilines is 1. The molecule has 0 aromatic carbocycles. The highest BCUT2D eigenvalue weighted by Gasteiger charge is 2.03. The molecule has 2 N–H and O–H groups in total. The van der Waals surface area contributed by atoms with Gasteiger partial charge in [0, 0.05) is 18.4 Å². The highest BCUT2D eigenvalue weighted by molar-refractivity contribution is 9.10. The minimum atomic E-state index is -0.0140. The number of rotatable bonds is 3. The maximum Gasteiger partial charge on any atom is 0.264 e. The van der Waals surface area contributed by atoms with E-state index in [2.05, 4.69) is 29.8 Å². The Labute approximate surface area is 92.1 Å². The molecule has 4 heteroatoms. The second kappa shape index (κ2) is 4.64. The number of aromatic nitrogens is 1. The van der Waals surface area contributed by atoms with Crippen molar-refractivity contribution in [1.82, 2.24) is 4.57 Å². The van der Waals surface area contributed by atoms with E-state index in [4.69, 9.17) is 5.73 Å². The molecule has 0 amide bonds. The molecule has 0 aliphatic carbocycles. The third kappa shape index (κ3) is 2.87. The molecule has 0 unspecified atom stereocenters. The van der Waals surface area contributed by atoms with Crippen LogP contribution >= 0.6 is 15.9 Å². The molecule has 0 saturated carbocycles. The van der Waals surface area contributed by atoms with Crippen LogP contribution in [-0.4, -0.2) is 4.57 Å². The Kier molecular flexibility index (Phi) is 3.75. The van der Waals surface area contributed by atoms with Gasteiger partial charge in [-0.25, -0.2) is 0 Å². The molecular formula is C10H15BrN2O. The van der Waals surface area contributed by atoms with Crippen LogP contribution in [0.1, 0.15) is 20.3 Å². The first-order valence-corrected chi connectivity index (χ1v) is 5.45. The van der Waals surface area contributed by atoms with Crippen LogP contribution in [0.4, 0.5) is 5.69 Å². The second-order valence-electron chi connectivity index (χ2n) is 3.80. The molecule has 14 heavy (non-hydrogen) atoms. The Hall–Kier alpha value is -0.770. The van der Waals surface area contributed by atoms with E-state index >= 15 is 0 Å². The van der Waals surface area contributed by atoms with Gasteiger partial charge in [0.25, 0.3) is 5.56 Å². The number of nitrogen functional groups attached to an aromatic ring is 1. The van der Waals surface area contributed by atoms with E-state index in [1.165, 1.54) is 0 Å². The summed E-state index contributed by atoms with van der Waals surface area (Å²) in [6.07, 6.45) is 2.67. The predicted molar refractivity (Wildman–Crippen MR) is 62.3 cm³/mol. The van der Waals surface area contributed by atoms with Crippen molar-refractivity contribution in [3.05, 3.63) is 27.1 Å². The van der Waals surface area contributed by atoms with E-state index in [0.717, 1.165) is 13.0 Å². The van der Waals surface area contributed by atoms with Gasteiger partial charge < -0.3 is 10.3 Å². The van der Waals surface area contributed by atoms with E-state index in [-0.39, 0.29) is 5.56 Å². The standard InChI is InChI=1S/C10H15BrN2O/c1-7(2)3-4-13-6-8(12)5-9(11)10(13)14/h5-7H,3-4,12H2,1-2H3. The molecule has 0 aliphatic rings. The van der Waals surface area contributed by atoms with Crippen molar-refractivity contribution < 1.29 is 0 Å². The molecule has 0 bridgehead atoms. The summed E-state index contributed by atoms with van der Waals surface area (Å²) in [5.41, 5.74) is 6.24. The molecule has 0 aliphatic heterocycles. The van der Waals surface area contributed by atoms with Crippen LogP contribution in [0.3, 0.4) is 0 Å². The first-order chi connectivity index (χ1) is 6.50. The minimum Gasteiger partial charge on any atom is -0.398 e. The SMILES string of the molecule is CC(C)CCn1cc(N)cc(Br)c1=O. The summed E-state index contributed by atoms with van der Waals surface area (Å²) < 4.78 is 2.18. The number of nitrogens with zero attached hydrogens (tertiary/aromatic N) is 1. The maximum absolute atomic E-state index is 11.6. The number of pyridine rings is 1. The van der Waals surface area contributed by atoms with Crippen LogP contribution in [0, 0.1) is 5.92 Å². The molecule has 0 atom stereocenters. The lowest BCUT2D eigenvalue weighted by Crippen LogP contribution is -2.21. The van der Waals surface area contributed by atoms with E-state index in [1.54, 1.807) is 16.8 Å². The zero-order valence-corrected chi connectivity index (χ0v) is 10.0. The lowest BCUT2D eigenvalue weighted by molar-refractivity contribution is 0.507. The van der Waals surface area contributed by atoms with Gasteiger partial charge in [-0.2, -0.15) is 0 Å². The normalized spacial score (nSPS) is 10.9. The maximum atomic E-state index is 11.6. The van der Waals surface area contributed by atoms with Crippen LogP contribution in [0.25, 0.3) is 0 Å². The quantitative estimate of drug-likeness (QED) is 0.904. The number of nitrogens with two attached hydrogens (primary N) is 1. The lowest BCUT2D eigenvalue weighted by atomic mass is 10.1. The van der Waals surface area contributed by atoms with Crippen LogP contribution in [0.15, 0.2) is 21.5 Å². The van der Waals surface area contributed by atoms with E-state index < -0.39 is 0 Å². The van der Waals surface area contributed by atoms with Gasteiger partial charge in [-0.15, -0.1) is 0 Å². The van der Waals surface area contributed by atoms with E-state index in [0.29, 0.717) is 16.1 Å².